The minimum atomic E-state index is -0.513. The van der Waals surface area contributed by atoms with E-state index in [1.54, 1.807) is 12.1 Å². The summed E-state index contributed by atoms with van der Waals surface area (Å²) in [5.41, 5.74) is 3.22. The molecular formula is C19H17NO3. The van der Waals surface area contributed by atoms with Gasteiger partial charge >= 0.3 is 6.09 Å². The Bertz CT molecular complexity index is 742. The summed E-state index contributed by atoms with van der Waals surface area (Å²) < 4.78 is 5.07. The largest absolute Gasteiger partial charge is 0.445 e. The van der Waals surface area contributed by atoms with E-state index in [4.69, 9.17) is 4.74 Å². The molecule has 2 rings (SSSR count). The highest BCUT2D eigenvalue weighted by Gasteiger charge is 2.00. The lowest BCUT2D eigenvalue weighted by Crippen LogP contribution is -2.24. The highest BCUT2D eigenvalue weighted by atomic mass is 16.5. The molecule has 0 radical (unpaired) electrons. The van der Waals surface area contributed by atoms with Crippen molar-refractivity contribution in [3.8, 4) is 11.8 Å². The van der Waals surface area contributed by atoms with Gasteiger partial charge in [0.1, 0.15) is 12.9 Å². The third-order valence-electron chi connectivity index (χ3n) is 3.00. The molecule has 1 amide bonds. The van der Waals surface area contributed by atoms with Gasteiger partial charge in [0.15, 0.2) is 0 Å². The summed E-state index contributed by atoms with van der Waals surface area (Å²) in [4.78, 5) is 22.3. The SMILES string of the molecule is Cc1cc(C#CCNC(=O)OCc2ccccc2)cc(C=O)c1. The number of benzene rings is 2. The van der Waals surface area contributed by atoms with Gasteiger partial charge in [0.25, 0.3) is 0 Å². The number of amides is 1. The van der Waals surface area contributed by atoms with Crippen molar-refractivity contribution in [1.29, 1.82) is 0 Å². The maximum Gasteiger partial charge on any atom is 0.408 e. The molecule has 0 aliphatic heterocycles. The van der Waals surface area contributed by atoms with Crippen molar-refractivity contribution in [2.75, 3.05) is 6.54 Å². The minimum absolute atomic E-state index is 0.179. The molecule has 0 saturated carbocycles. The Morgan fingerprint density at radius 3 is 2.74 bits per heavy atom. The molecule has 1 N–H and O–H groups in total. The van der Waals surface area contributed by atoms with Gasteiger partial charge in [-0.15, -0.1) is 0 Å². The summed E-state index contributed by atoms with van der Waals surface area (Å²) in [7, 11) is 0. The van der Waals surface area contributed by atoms with Crippen LogP contribution in [-0.2, 0) is 11.3 Å². The number of carbonyl (C=O) groups excluding carboxylic acids is 2. The fourth-order valence-corrected chi connectivity index (χ4v) is 1.99. The predicted molar refractivity (Wildman–Crippen MR) is 88.1 cm³/mol. The summed E-state index contributed by atoms with van der Waals surface area (Å²) in [5.74, 6) is 5.74. The van der Waals surface area contributed by atoms with Crippen LogP contribution in [0.5, 0.6) is 0 Å². The summed E-state index contributed by atoms with van der Waals surface area (Å²) in [5, 5.41) is 2.56. The van der Waals surface area contributed by atoms with Crippen molar-refractivity contribution in [3.05, 3.63) is 70.8 Å². The van der Waals surface area contributed by atoms with Crippen molar-refractivity contribution >= 4 is 12.4 Å². The molecule has 0 atom stereocenters. The van der Waals surface area contributed by atoms with Crippen molar-refractivity contribution in [2.24, 2.45) is 0 Å². The molecule has 0 unspecified atom stereocenters. The lowest BCUT2D eigenvalue weighted by Gasteiger charge is -2.04. The number of carbonyl (C=O) groups is 2. The summed E-state index contributed by atoms with van der Waals surface area (Å²) >= 11 is 0. The van der Waals surface area contributed by atoms with Gasteiger partial charge < -0.3 is 10.1 Å². The monoisotopic (exact) mass is 307 g/mol. The van der Waals surface area contributed by atoms with Gasteiger partial charge in [-0.05, 0) is 36.2 Å². The third kappa shape index (κ3) is 5.68. The Hall–Kier alpha value is -3.06. The van der Waals surface area contributed by atoms with Crippen LogP contribution in [0, 0.1) is 18.8 Å². The number of ether oxygens (including phenoxy) is 1. The van der Waals surface area contributed by atoms with Gasteiger partial charge in [-0.2, -0.15) is 0 Å². The van der Waals surface area contributed by atoms with E-state index in [0.717, 1.165) is 23.0 Å². The molecule has 0 aliphatic carbocycles. The number of hydrogen-bond acceptors (Lipinski definition) is 3. The van der Waals surface area contributed by atoms with Crippen LogP contribution in [0.25, 0.3) is 0 Å². The van der Waals surface area contributed by atoms with Gasteiger partial charge in [0.2, 0.25) is 0 Å². The lowest BCUT2D eigenvalue weighted by molar-refractivity contribution is 0.112. The van der Waals surface area contributed by atoms with Crippen LogP contribution in [0.2, 0.25) is 0 Å². The molecule has 116 valence electrons. The number of rotatable bonds is 4. The molecule has 0 spiro atoms. The number of alkyl carbamates (subject to hydrolysis) is 1. The molecule has 2 aromatic rings. The molecule has 23 heavy (non-hydrogen) atoms. The zero-order valence-corrected chi connectivity index (χ0v) is 12.8. The Morgan fingerprint density at radius 2 is 2.00 bits per heavy atom. The van der Waals surface area contributed by atoms with Gasteiger partial charge in [0.05, 0.1) is 6.54 Å². The molecule has 0 aliphatic rings. The molecule has 2 aromatic carbocycles. The highest BCUT2D eigenvalue weighted by molar-refractivity contribution is 5.76. The summed E-state index contributed by atoms with van der Waals surface area (Å²) in [6, 6.07) is 14.8. The first-order valence-electron chi connectivity index (χ1n) is 7.17. The third-order valence-corrected chi connectivity index (χ3v) is 3.00. The van der Waals surface area contributed by atoms with Crippen molar-refractivity contribution in [3.63, 3.8) is 0 Å². The Morgan fingerprint density at radius 1 is 1.22 bits per heavy atom. The molecule has 0 heterocycles. The van der Waals surface area contributed by atoms with Gasteiger partial charge in [-0.25, -0.2) is 4.79 Å². The highest BCUT2D eigenvalue weighted by Crippen LogP contribution is 2.06. The van der Waals surface area contributed by atoms with Crippen LogP contribution in [0.3, 0.4) is 0 Å². The van der Waals surface area contributed by atoms with E-state index in [2.05, 4.69) is 17.2 Å². The van der Waals surface area contributed by atoms with E-state index >= 15 is 0 Å². The summed E-state index contributed by atoms with van der Waals surface area (Å²) in [6.45, 7) is 2.30. The smallest absolute Gasteiger partial charge is 0.408 e. The topological polar surface area (TPSA) is 55.4 Å². The fourth-order valence-electron chi connectivity index (χ4n) is 1.99. The van der Waals surface area contributed by atoms with Crippen LogP contribution in [0.1, 0.15) is 27.0 Å². The number of hydrogen-bond donors (Lipinski definition) is 1. The molecule has 0 saturated heterocycles. The van der Waals surface area contributed by atoms with E-state index in [1.807, 2.05) is 43.3 Å². The lowest BCUT2D eigenvalue weighted by atomic mass is 10.1. The second-order valence-corrected chi connectivity index (χ2v) is 4.97. The molecule has 4 heteroatoms. The van der Waals surface area contributed by atoms with Crippen LogP contribution in [0.15, 0.2) is 48.5 Å². The number of nitrogens with one attached hydrogen (secondary N) is 1. The first kappa shape index (κ1) is 16.3. The molecule has 4 nitrogen and oxygen atoms in total. The Kier molecular flexibility index (Phi) is 5.96. The van der Waals surface area contributed by atoms with Crippen molar-refractivity contribution < 1.29 is 14.3 Å². The molecular weight excluding hydrogens is 290 g/mol. The maximum atomic E-state index is 11.5. The minimum Gasteiger partial charge on any atom is -0.445 e. The number of aldehydes is 1. The molecule has 0 aromatic heterocycles. The first-order chi connectivity index (χ1) is 11.2. The molecule has 0 bridgehead atoms. The van der Waals surface area contributed by atoms with Gasteiger partial charge in [0, 0.05) is 11.1 Å². The van der Waals surface area contributed by atoms with Crippen molar-refractivity contribution in [1.82, 2.24) is 5.32 Å². The van der Waals surface area contributed by atoms with Crippen LogP contribution in [-0.4, -0.2) is 18.9 Å². The van der Waals surface area contributed by atoms with Crippen molar-refractivity contribution in [2.45, 2.75) is 13.5 Å². The fraction of sp³-hybridized carbons (Fsp3) is 0.158. The van der Waals surface area contributed by atoms with Crippen LogP contribution in [0.4, 0.5) is 4.79 Å². The average molecular weight is 307 g/mol. The van der Waals surface area contributed by atoms with E-state index in [9.17, 15) is 9.59 Å². The zero-order valence-electron chi connectivity index (χ0n) is 12.8. The van der Waals surface area contributed by atoms with E-state index in [-0.39, 0.29) is 13.2 Å². The maximum absolute atomic E-state index is 11.5. The first-order valence-corrected chi connectivity index (χ1v) is 7.17. The Balaban J connectivity index is 1.80. The van der Waals surface area contributed by atoms with Gasteiger partial charge in [-0.3, -0.25) is 4.79 Å². The standard InChI is InChI=1S/C19H17NO3/c1-15-10-17(12-18(11-15)13-21)8-5-9-20-19(22)23-14-16-6-3-2-4-7-16/h2-4,6-7,10-13H,9,14H2,1H3,(H,20,22). The second kappa shape index (κ2) is 8.40. The van der Waals surface area contributed by atoms with Gasteiger partial charge in [-0.1, -0.05) is 42.2 Å². The normalized spacial score (nSPS) is 9.43. The Labute approximate surface area is 135 Å². The second-order valence-electron chi connectivity index (χ2n) is 4.97. The van der Waals surface area contributed by atoms with E-state index in [1.165, 1.54) is 0 Å². The molecule has 0 fully saturated rings. The zero-order chi connectivity index (χ0) is 16.5. The van der Waals surface area contributed by atoms with E-state index in [0.29, 0.717) is 5.56 Å². The quantitative estimate of drug-likeness (QED) is 0.697. The summed E-state index contributed by atoms with van der Waals surface area (Å²) in [6.07, 6.45) is 0.276. The van der Waals surface area contributed by atoms with E-state index < -0.39 is 6.09 Å². The number of aryl methyl sites for hydroxylation is 1. The predicted octanol–water partition coefficient (Wildman–Crippen LogP) is 3.09. The van der Waals surface area contributed by atoms with Crippen LogP contribution < -0.4 is 5.32 Å². The average Bonchev–Trinajstić information content (AvgIpc) is 2.57. The van der Waals surface area contributed by atoms with Crippen LogP contribution >= 0.6 is 0 Å².